The van der Waals surface area contributed by atoms with Gasteiger partial charge in [-0.3, -0.25) is 9.80 Å². The molecule has 4 nitrogen and oxygen atoms in total. The van der Waals surface area contributed by atoms with Crippen molar-refractivity contribution in [1.29, 1.82) is 0 Å². The Kier molecular flexibility index (Phi) is 6.54. The summed E-state index contributed by atoms with van der Waals surface area (Å²) in [5, 5.41) is 3.06. The number of thiazole rings is 1. The summed E-state index contributed by atoms with van der Waals surface area (Å²) >= 11 is 1.62. The van der Waals surface area contributed by atoms with Crippen LogP contribution in [0.2, 0.25) is 0 Å². The van der Waals surface area contributed by atoms with Gasteiger partial charge in [-0.15, -0.1) is 11.3 Å². The summed E-state index contributed by atoms with van der Waals surface area (Å²) in [5.74, 6) is 0.403. The molecular formula is C23H26FN3OS. The van der Waals surface area contributed by atoms with Crippen LogP contribution in [0.25, 0.3) is 0 Å². The molecule has 0 atom stereocenters. The Morgan fingerprint density at radius 1 is 1.00 bits per heavy atom. The standard InChI is InChI=1S/C23H26FN3OS/c1-18-3-2-4-19(13-18)14-26-9-11-27(12-10-26)15-21-17-29-23(25-21)16-28-22-7-5-20(24)6-8-22/h2-8,13,17H,9-12,14-16H2,1H3. The van der Waals surface area contributed by atoms with Crippen molar-refractivity contribution in [1.82, 2.24) is 14.8 Å². The van der Waals surface area contributed by atoms with Crippen molar-refractivity contribution in [2.45, 2.75) is 26.6 Å². The SMILES string of the molecule is Cc1cccc(CN2CCN(Cc3csc(COc4ccc(F)cc4)n3)CC2)c1. The molecule has 29 heavy (non-hydrogen) atoms. The Hall–Kier alpha value is -2.28. The topological polar surface area (TPSA) is 28.6 Å². The molecule has 1 aliphatic rings. The Morgan fingerprint density at radius 2 is 1.72 bits per heavy atom. The van der Waals surface area contributed by atoms with E-state index in [2.05, 4.69) is 46.4 Å². The largest absolute Gasteiger partial charge is 0.486 e. The molecule has 1 fully saturated rings. The fraction of sp³-hybridized carbons (Fsp3) is 0.348. The van der Waals surface area contributed by atoms with E-state index in [4.69, 9.17) is 9.72 Å². The maximum Gasteiger partial charge on any atom is 0.140 e. The third-order valence-electron chi connectivity index (χ3n) is 5.11. The number of hydrogen-bond acceptors (Lipinski definition) is 5. The first-order valence-electron chi connectivity index (χ1n) is 9.96. The van der Waals surface area contributed by atoms with Gasteiger partial charge < -0.3 is 4.74 Å². The van der Waals surface area contributed by atoms with E-state index in [9.17, 15) is 4.39 Å². The molecule has 0 unspecified atom stereocenters. The van der Waals surface area contributed by atoms with Gasteiger partial charge in [0.05, 0.1) is 5.69 Å². The molecule has 0 aliphatic carbocycles. The molecular weight excluding hydrogens is 385 g/mol. The molecule has 0 saturated carbocycles. The van der Waals surface area contributed by atoms with E-state index in [0.29, 0.717) is 12.4 Å². The number of ether oxygens (including phenoxy) is 1. The number of aryl methyl sites for hydroxylation is 1. The van der Waals surface area contributed by atoms with Gasteiger partial charge in [0, 0.05) is 44.6 Å². The number of aromatic nitrogens is 1. The lowest BCUT2D eigenvalue weighted by molar-refractivity contribution is 0.121. The van der Waals surface area contributed by atoms with Crippen LogP contribution in [-0.4, -0.2) is 41.0 Å². The van der Waals surface area contributed by atoms with Gasteiger partial charge >= 0.3 is 0 Å². The maximum absolute atomic E-state index is 13.0. The third-order valence-corrected chi connectivity index (χ3v) is 5.99. The zero-order valence-electron chi connectivity index (χ0n) is 16.7. The number of benzene rings is 2. The minimum absolute atomic E-state index is 0.257. The van der Waals surface area contributed by atoms with E-state index in [0.717, 1.165) is 50.0 Å². The molecule has 1 saturated heterocycles. The average Bonchev–Trinajstić information content (AvgIpc) is 3.16. The monoisotopic (exact) mass is 411 g/mol. The highest BCUT2D eigenvalue weighted by atomic mass is 32.1. The van der Waals surface area contributed by atoms with Gasteiger partial charge in [-0.25, -0.2) is 9.37 Å². The summed E-state index contributed by atoms with van der Waals surface area (Å²) in [7, 11) is 0. The second kappa shape index (κ2) is 9.48. The van der Waals surface area contributed by atoms with Crippen molar-refractivity contribution in [3.05, 3.63) is 81.6 Å². The Bertz CT molecular complexity index is 920. The van der Waals surface area contributed by atoms with Crippen molar-refractivity contribution in [2.24, 2.45) is 0 Å². The van der Waals surface area contributed by atoms with E-state index in [-0.39, 0.29) is 5.82 Å². The molecule has 2 aromatic carbocycles. The zero-order chi connectivity index (χ0) is 20.1. The lowest BCUT2D eigenvalue weighted by atomic mass is 10.1. The molecule has 4 rings (SSSR count). The Balaban J connectivity index is 1.22. The van der Waals surface area contributed by atoms with Gasteiger partial charge in [0.15, 0.2) is 0 Å². The fourth-order valence-electron chi connectivity index (χ4n) is 3.57. The molecule has 6 heteroatoms. The molecule has 0 radical (unpaired) electrons. The number of hydrogen-bond donors (Lipinski definition) is 0. The number of halogens is 1. The first kappa shape index (κ1) is 20.0. The van der Waals surface area contributed by atoms with Crippen LogP contribution in [0, 0.1) is 12.7 Å². The van der Waals surface area contributed by atoms with E-state index in [1.165, 1.54) is 23.3 Å². The summed E-state index contributed by atoms with van der Waals surface area (Å²) in [6, 6.07) is 14.9. The zero-order valence-corrected chi connectivity index (χ0v) is 17.5. The van der Waals surface area contributed by atoms with Crippen LogP contribution in [0.15, 0.2) is 53.9 Å². The normalized spacial score (nSPS) is 15.5. The molecule has 0 N–H and O–H groups in total. The summed E-state index contributed by atoms with van der Waals surface area (Å²) < 4.78 is 18.6. The van der Waals surface area contributed by atoms with Crippen molar-refractivity contribution in [3.8, 4) is 5.75 Å². The first-order chi connectivity index (χ1) is 14.1. The molecule has 0 amide bonds. The molecule has 1 aromatic heterocycles. The van der Waals surface area contributed by atoms with Crippen LogP contribution < -0.4 is 4.74 Å². The van der Waals surface area contributed by atoms with Crippen molar-refractivity contribution in [2.75, 3.05) is 26.2 Å². The van der Waals surface area contributed by atoms with Crippen molar-refractivity contribution in [3.63, 3.8) is 0 Å². The van der Waals surface area contributed by atoms with Gasteiger partial charge in [-0.1, -0.05) is 29.8 Å². The minimum atomic E-state index is -0.257. The van der Waals surface area contributed by atoms with Crippen LogP contribution in [-0.2, 0) is 19.7 Å². The molecule has 152 valence electrons. The van der Waals surface area contributed by atoms with Gasteiger partial charge in [0.25, 0.3) is 0 Å². The Morgan fingerprint density at radius 3 is 2.45 bits per heavy atom. The molecule has 0 bridgehead atoms. The highest BCUT2D eigenvalue weighted by Crippen LogP contribution is 2.18. The predicted octanol–water partition coefficient (Wildman–Crippen LogP) is 4.49. The van der Waals surface area contributed by atoms with Crippen LogP contribution >= 0.6 is 11.3 Å². The second-order valence-electron chi connectivity index (χ2n) is 7.52. The van der Waals surface area contributed by atoms with Crippen molar-refractivity contribution < 1.29 is 9.13 Å². The second-order valence-corrected chi connectivity index (χ2v) is 8.46. The fourth-order valence-corrected chi connectivity index (χ4v) is 4.26. The number of nitrogens with zero attached hydrogens (tertiary/aromatic N) is 3. The molecule has 3 aromatic rings. The summed E-state index contributed by atoms with van der Waals surface area (Å²) in [6.45, 7) is 8.75. The van der Waals surface area contributed by atoms with Gasteiger partial charge in [0.1, 0.15) is 23.2 Å². The summed E-state index contributed by atoms with van der Waals surface area (Å²) in [6.07, 6.45) is 0. The Labute approximate surface area is 175 Å². The van der Waals surface area contributed by atoms with Gasteiger partial charge in [0.2, 0.25) is 0 Å². The van der Waals surface area contributed by atoms with E-state index in [1.807, 2.05) is 0 Å². The molecule has 2 heterocycles. The van der Waals surface area contributed by atoms with Crippen LogP contribution in [0.1, 0.15) is 21.8 Å². The predicted molar refractivity (Wildman–Crippen MR) is 115 cm³/mol. The number of piperazine rings is 1. The highest BCUT2D eigenvalue weighted by molar-refractivity contribution is 7.09. The van der Waals surface area contributed by atoms with E-state index >= 15 is 0 Å². The quantitative estimate of drug-likeness (QED) is 0.573. The lowest BCUT2D eigenvalue weighted by Gasteiger charge is -2.34. The van der Waals surface area contributed by atoms with Crippen LogP contribution in [0.3, 0.4) is 0 Å². The smallest absolute Gasteiger partial charge is 0.140 e. The highest BCUT2D eigenvalue weighted by Gasteiger charge is 2.18. The third kappa shape index (κ3) is 5.85. The van der Waals surface area contributed by atoms with Gasteiger partial charge in [-0.2, -0.15) is 0 Å². The number of rotatable bonds is 7. The van der Waals surface area contributed by atoms with Crippen LogP contribution in [0.5, 0.6) is 5.75 Å². The van der Waals surface area contributed by atoms with Crippen molar-refractivity contribution >= 4 is 11.3 Å². The summed E-state index contributed by atoms with van der Waals surface area (Å²) in [5.41, 5.74) is 3.81. The maximum atomic E-state index is 13.0. The lowest BCUT2D eigenvalue weighted by Crippen LogP contribution is -2.45. The van der Waals surface area contributed by atoms with Crippen LogP contribution in [0.4, 0.5) is 4.39 Å². The van der Waals surface area contributed by atoms with E-state index < -0.39 is 0 Å². The van der Waals surface area contributed by atoms with E-state index in [1.54, 1.807) is 23.5 Å². The van der Waals surface area contributed by atoms with Gasteiger partial charge in [-0.05, 0) is 36.8 Å². The molecule has 1 aliphatic heterocycles. The minimum Gasteiger partial charge on any atom is -0.486 e. The average molecular weight is 412 g/mol. The summed E-state index contributed by atoms with van der Waals surface area (Å²) in [4.78, 5) is 9.68. The first-order valence-corrected chi connectivity index (χ1v) is 10.8. The molecule has 0 spiro atoms.